The molecule has 17 heavy (non-hydrogen) atoms. The Hall–Kier alpha value is -0.540. The summed E-state index contributed by atoms with van der Waals surface area (Å²) in [7, 11) is 0. The molecule has 2 atom stereocenters. The first-order valence-corrected chi connectivity index (χ1v) is 7.10. The Morgan fingerprint density at radius 2 is 1.94 bits per heavy atom. The van der Waals surface area contributed by atoms with E-state index in [1.807, 2.05) is 12.1 Å². The van der Waals surface area contributed by atoms with Crippen molar-refractivity contribution in [3.8, 4) is 5.75 Å². The molecule has 1 N–H and O–H groups in total. The van der Waals surface area contributed by atoms with Crippen molar-refractivity contribution in [1.82, 2.24) is 4.90 Å². The first-order chi connectivity index (χ1) is 8.08. The van der Waals surface area contributed by atoms with E-state index in [1.54, 1.807) is 6.07 Å². The molecule has 1 heterocycles. The zero-order chi connectivity index (χ0) is 12.4. The maximum absolute atomic E-state index is 9.56. The molecular formula is C14H20BrNO. The molecule has 2 rings (SSSR count). The van der Waals surface area contributed by atoms with E-state index in [0.29, 0.717) is 17.8 Å². The highest BCUT2D eigenvalue weighted by Crippen LogP contribution is 2.28. The number of likely N-dealkylation sites (tertiary alicyclic amines) is 1. The molecule has 94 valence electrons. The molecule has 0 spiro atoms. The number of halogens is 1. The second-order valence-corrected chi connectivity index (χ2v) is 5.93. The number of hydrogen-bond acceptors (Lipinski definition) is 2. The molecule has 0 aliphatic carbocycles. The predicted molar refractivity (Wildman–Crippen MR) is 74.1 cm³/mol. The van der Waals surface area contributed by atoms with Gasteiger partial charge in [0.15, 0.2) is 0 Å². The summed E-state index contributed by atoms with van der Waals surface area (Å²) in [6.45, 7) is 5.51. The number of rotatable bonds is 2. The maximum Gasteiger partial charge on any atom is 0.115 e. The SMILES string of the molecule is C[C@@H]1CCC[C@H](C)N1Cc1cc(O)ccc1Br. The highest BCUT2D eigenvalue weighted by molar-refractivity contribution is 9.10. The molecule has 2 nitrogen and oxygen atoms in total. The van der Waals surface area contributed by atoms with Crippen molar-refractivity contribution in [2.45, 2.75) is 51.7 Å². The van der Waals surface area contributed by atoms with Gasteiger partial charge in [0.2, 0.25) is 0 Å². The van der Waals surface area contributed by atoms with Gasteiger partial charge in [-0.1, -0.05) is 22.4 Å². The molecule has 0 saturated carbocycles. The molecule has 1 saturated heterocycles. The molecule has 0 bridgehead atoms. The molecule has 1 aromatic rings. The van der Waals surface area contributed by atoms with Gasteiger partial charge in [-0.2, -0.15) is 0 Å². The first kappa shape index (κ1) is 12.9. The van der Waals surface area contributed by atoms with Crippen molar-refractivity contribution in [1.29, 1.82) is 0 Å². The highest BCUT2D eigenvalue weighted by atomic mass is 79.9. The number of benzene rings is 1. The van der Waals surface area contributed by atoms with Gasteiger partial charge in [-0.15, -0.1) is 0 Å². The fourth-order valence-corrected chi connectivity index (χ4v) is 3.04. The van der Waals surface area contributed by atoms with Gasteiger partial charge < -0.3 is 5.11 Å². The standard InChI is InChI=1S/C14H20BrNO/c1-10-4-3-5-11(2)16(10)9-12-8-13(17)6-7-14(12)15/h6-8,10-11,17H,3-5,9H2,1-2H3/t10-,11+. The zero-order valence-electron chi connectivity index (χ0n) is 10.5. The summed E-state index contributed by atoms with van der Waals surface area (Å²) in [6.07, 6.45) is 3.89. The van der Waals surface area contributed by atoms with Crippen molar-refractivity contribution in [2.75, 3.05) is 0 Å². The Morgan fingerprint density at radius 3 is 2.59 bits per heavy atom. The second kappa shape index (κ2) is 5.40. The third kappa shape index (κ3) is 3.02. The Bertz CT molecular complexity index is 384. The van der Waals surface area contributed by atoms with E-state index >= 15 is 0 Å². The van der Waals surface area contributed by atoms with Crippen LogP contribution in [0.1, 0.15) is 38.7 Å². The Labute approximate surface area is 112 Å². The normalized spacial score (nSPS) is 26.1. The fraction of sp³-hybridized carbons (Fsp3) is 0.571. The van der Waals surface area contributed by atoms with Crippen molar-refractivity contribution in [3.63, 3.8) is 0 Å². The van der Waals surface area contributed by atoms with E-state index in [4.69, 9.17) is 0 Å². The summed E-state index contributed by atoms with van der Waals surface area (Å²) in [5.41, 5.74) is 1.17. The van der Waals surface area contributed by atoms with Gasteiger partial charge in [0.1, 0.15) is 5.75 Å². The van der Waals surface area contributed by atoms with Crippen LogP contribution in [-0.2, 0) is 6.54 Å². The summed E-state index contributed by atoms with van der Waals surface area (Å²) in [5.74, 6) is 0.348. The van der Waals surface area contributed by atoms with E-state index in [-0.39, 0.29) is 0 Å². The molecule has 3 heteroatoms. The zero-order valence-corrected chi connectivity index (χ0v) is 12.1. The first-order valence-electron chi connectivity index (χ1n) is 6.31. The predicted octanol–water partition coefficient (Wildman–Crippen LogP) is 3.92. The Kier molecular flexibility index (Phi) is 4.10. The van der Waals surface area contributed by atoms with Crippen LogP contribution in [0.4, 0.5) is 0 Å². The highest BCUT2D eigenvalue weighted by Gasteiger charge is 2.25. The molecule has 1 aliphatic rings. The van der Waals surface area contributed by atoms with Gasteiger partial charge in [-0.25, -0.2) is 0 Å². The van der Waals surface area contributed by atoms with Crippen LogP contribution in [0, 0.1) is 0 Å². The number of phenolic OH excluding ortho intramolecular Hbond substituents is 1. The maximum atomic E-state index is 9.56. The van der Waals surface area contributed by atoms with E-state index in [0.717, 1.165) is 11.0 Å². The molecule has 1 aromatic carbocycles. The lowest BCUT2D eigenvalue weighted by atomic mass is 9.97. The number of piperidine rings is 1. The molecular weight excluding hydrogens is 278 g/mol. The summed E-state index contributed by atoms with van der Waals surface area (Å²) in [4.78, 5) is 2.53. The lowest BCUT2D eigenvalue weighted by Crippen LogP contribution is -2.43. The largest absolute Gasteiger partial charge is 0.508 e. The van der Waals surface area contributed by atoms with Gasteiger partial charge in [-0.3, -0.25) is 4.90 Å². The molecule has 1 aliphatic heterocycles. The van der Waals surface area contributed by atoms with Crippen LogP contribution in [0.25, 0.3) is 0 Å². The second-order valence-electron chi connectivity index (χ2n) is 5.08. The van der Waals surface area contributed by atoms with Crippen molar-refractivity contribution in [2.24, 2.45) is 0 Å². The Balaban J connectivity index is 2.16. The molecule has 1 fully saturated rings. The topological polar surface area (TPSA) is 23.5 Å². The van der Waals surface area contributed by atoms with Crippen molar-refractivity contribution >= 4 is 15.9 Å². The quantitative estimate of drug-likeness (QED) is 0.894. The molecule has 0 aromatic heterocycles. The van der Waals surface area contributed by atoms with Gasteiger partial charge >= 0.3 is 0 Å². The van der Waals surface area contributed by atoms with E-state index in [1.165, 1.54) is 24.8 Å². The number of nitrogens with zero attached hydrogens (tertiary/aromatic N) is 1. The lowest BCUT2D eigenvalue weighted by molar-refractivity contribution is 0.0950. The minimum atomic E-state index is 0.348. The summed E-state index contributed by atoms with van der Waals surface area (Å²) < 4.78 is 1.08. The van der Waals surface area contributed by atoms with Crippen molar-refractivity contribution in [3.05, 3.63) is 28.2 Å². The summed E-state index contributed by atoms with van der Waals surface area (Å²) >= 11 is 3.56. The third-order valence-corrected chi connectivity index (χ3v) is 4.53. The smallest absolute Gasteiger partial charge is 0.115 e. The van der Waals surface area contributed by atoms with Gasteiger partial charge in [0.05, 0.1) is 0 Å². The van der Waals surface area contributed by atoms with Crippen LogP contribution < -0.4 is 0 Å². The van der Waals surface area contributed by atoms with Crippen LogP contribution in [0.2, 0.25) is 0 Å². The van der Waals surface area contributed by atoms with Gasteiger partial charge in [-0.05, 0) is 50.5 Å². The molecule has 0 amide bonds. The third-order valence-electron chi connectivity index (χ3n) is 3.76. The van der Waals surface area contributed by atoms with E-state index in [9.17, 15) is 5.11 Å². The van der Waals surface area contributed by atoms with Gasteiger partial charge in [0.25, 0.3) is 0 Å². The van der Waals surface area contributed by atoms with Crippen LogP contribution in [-0.4, -0.2) is 22.1 Å². The summed E-state index contributed by atoms with van der Waals surface area (Å²) in [6, 6.07) is 6.76. The monoisotopic (exact) mass is 297 g/mol. The minimum absolute atomic E-state index is 0.348. The number of hydrogen-bond donors (Lipinski definition) is 1. The fourth-order valence-electron chi connectivity index (χ4n) is 2.67. The lowest BCUT2D eigenvalue weighted by Gasteiger charge is -2.39. The molecule has 0 radical (unpaired) electrons. The number of aromatic hydroxyl groups is 1. The van der Waals surface area contributed by atoms with Gasteiger partial charge in [0, 0.05) is 23.1 Å². The molecule has 0 unspecified atom stereocenters. The van der Waals surface area contributed by atoms with Crippen LogP contribution in [0.5, 0.6) is 5.75 Å². The van der Waals surface area contributed by atoms with E-state index in [2.05, 4.69) is 34.7 Å². The minimum Gasteiger partial charge on any atom is -0.508 e. The van der Waals surface area contributed by atoms with Crippen LogP contribution >= 0.6 is 15.9 Å². The average Bonchev–Trinajstić information content (AvgIpc) is 2.28. The number of phenols is 1. The Morgan fingerprint density at radius 1 is 1.29 bits per heavy atom. The summed E-state index contributed by atoms with van der Waals surface area (Å²) in [5, 5.41) is 9.56. The van der Waals surface area contributed by atoms with Crippen LogP contribution in [0.3, 0.4) is 0 Å². The average molecular weight is 298 g/mol. The van der Waals surface area contributed by atoms with Crippen molar-refractivity contribution < 1.29 is 5.11 Å². The van der Waals surface area contributed by atoms with E-state index < -0.39 is 0 Å². The van der Waals surface area contributed by atoms with Crippen LogP contribution in [0.15, 0.2) is 22.7 Å².